The van der Waals surface area contributed by atoms with Crippen LogP contribution in [0.25, 0.3) is 0 Å². The largest absolute Gasteiger partial charge is 0.364 e. The summed E-state index contributed by atoms with van der Waals surface area (Å²) >= 11 is 2.02. The van der Waals surface area contributed by atoms with Gasteiger partial charge in [0.1, 0.15) is 0 Å². The molecule has 4 heterocycles. The average Bonchev–Trinajstić information content (AvgIpc) is 2.86. The number of anilines is 1. The third kappa shape index (κ3) is 2.96. The minimum atomic E-state index is 0.174. The molecule has 2 atom stereocenters. The van der Waals surface area contributed by atoms with E-state index in [0.29, 0.717) is 12.3 Å². The molecule has 0 amide bonds. The Bertz CT molecular complexity index is 871. The Morgan fingerprint density at radius 3 is 3.07 bits per heavy atom. The molecule has 0 spiro atoms. The number of ketones is 1. The van der Waals surface area contributed by atoms with E-state index in [2.05, 4.69) is 33.4 Å². The number of para-hydroxylation sites is 1. The average molecular weight is 394 g/mol. The molecule has 1 aromatic heterocycles. The van der Waals surface area contributed by atoms with Gasteiger partial charge >= 0.3 is 0 Å². The highest BCUT2D eigenvalue weighted by Crippen LogP contribution is 2.56. The third-order valence-electron chi connectivity index (χ3n) is 6.74. The van der Waals surface area contributed by atoms with Crippen LogP contribution in [0.4, 0.5) is 5.69 Å². The van der Waals surface area contributed by atoms with Crippen molar-refractivity contribution in [2.75, 3.05) is 30.3 Å². The Morgan fingerprint density at radius 2 is 2.18 bits per heavy atom. The third-order valence-corrected chi connectivity index (χ3v) is 7.88. The van der Waals surface area contributed by atoms with Crippen LogP contribution in [0.3, 0.4) is 0 Å². The number of Topliss-reactive ketones (excluding diaryl/α,β-unsaturated/α-hetero) is 1. The first-order valence-corrected chi connectivity index (χ1v) is 11.5. The molecule has 0 aliphatic carbocycles. The van der Waals surface area contributed by atoms with E-state index in [9.17, 15) is 4.79 Å². The zero-order valence-electron chi connectivity index (χ0n) is 16.2. The number of aromatic nitrogens is 1. The molecule has 1 N–H and O–H groups in total. The summed E-state index contributed by atoms with van der Waals surface area (Å²) in [7, 11) is 0. The summed E-state index contributed by atoms with van der Waals surface area (Å²) in [6.07, 6.45) is 8.48. The summed E-state index contributed by atoms with van der Waals surface area (Å²) in [5.41, 5.74) is 3.99. The number of nitrogens with zero attached hydrogens (tertiary/aromatic N) is 2. The molecule has 3 aliphatic heterocycles. The standard InChI is InChI=1S/C23H27N3OS/c27-20(17-7-11-24-12-8-17)5-2-9-23-10-13-25-16-19(23)18-4-1-6-21-22(18)26(23)14-3-15-28-21/h1,4,6-8,11-12,19,25H,2-3,5,9-10,13-16H2/t19-,23-/m0/s1. The number of benzene rings is 1. The van der Waals surface area contributed by atoms with Crippen molar-refractivity contribution >= 4 is 23.2 Å². The number of carbonyl (C=O) groups is 1. The molecule has 0 saturated carbocycles. The second kappa shape index (κ2) is 7.53. The van der Waals surface area contributed by atoms with Crippen LogP contribution in [0.5, 0.6) is 0 Å². The minimum Gasteiger partial charge on any atom is -0.364 e. The first kappa shape index (κ1) is 18.2. The van der Waals surface area contributed by atoms with E-state index in [-0.39, 0.29) is 11.3 Å². The van der Waals surface area contributed by atoms with Crippen LogP contribution in [0.1, 0.15) is 53.9 Å². The van der Waals surface area contributed by atoms with Crippen LogP contribution in [0.2, 0.25) is 0 Å². The number of hydrogen-bond donors (Lipinski definition) is 1. The van der Waals surface area contributed by atoms with Crippen molar-refractivity contribution in [3.8, 4) is 0 Å². The van der Waals surface area contributed by atoms with Gasteiger partial charge < -0.3 is 10.2 Å². The van der Waals surface area contributed by atoms with Crippen molar-refractivity contribution in [1.82, 2.24) is 10.3 Å². The first-order valence-electron chi connectivity index (χ1n) is 10.5. The second-order valence-corrected chi connectivity index (χ2v) is 9.31. The van der Waals surface area contributed by atoms with E-state index in [1.54, 1.807) is 12.4 Å². The van der Waals surface area contributed by atoms with Crippen molar-refractivity contribution in [3.05, 3.63) is 53.9 Å². The minimum absolute atomic E-state index is 0.174. The molecule has 146 valence electrons. The smallest absolute Gasteiger partial charge is 0.162 e. The SMILES string of the molecule is O=C(CCC[C@]12CCNC[C@H]1c1cccc3c1N2CCCS3)c1ccncc1. The lowest BCUT2D eigenvalue weighted by atomic mass is 9.73. The van der Waals surface area contributed by atoms with Gasteiger partial charge in [0, 0.05) is 53.8 Å². The number of rotatable bonds is 5. The summed E-state index contributed by atoms with van der Waals surface area (Å²) in [4.78, 5) is 20.8. The molecule has 2 aromatic rings. The van der Waals surface area contributed by atoms with Gasteiger partial charge in [0.25, 0.3) is 0 Å². The van der Waals surface area contributed by atoms with Crippen molar-refractivity contribution in [2.24, 2.45) is 0 Å². The molecular weight excluding hydrogens is 366 g/mol. The van der Waals surface area contributed by atoms with Crippen molar-refractivity contribution in [1.29, 1.82) is 0 Å². The fourth-order valence-corrected chi connectivity index (χ4v) is 6.53. The lowest BCUT2D eigenvalue weighted by Crippen LogP contribution is -2.56. The predicted octanol–water partition coefficient (Wildman–Crippen LogP) is 4.27. The summed E-state index contributed by atoms with van der Waals surface area (Å²) in [5, 5.41) is 3.64. The number of pyridine rings is 1. The number of piperidine rings is 1. The van der Waals surface area contributed by atoms with E-state index >= 15 is 0 Å². The van der Waals surface area contributed by atoms with Crippen LogP contribution in [0, 0.1) is 0 Å². The molecule has 1 saturated heterocycles. The fraction of sp³-hybridized carbons (Fsp3) is 0.478. The highest BCUT2D eigenvalue weighted by Gasteiger charge is 2.52. The van der Waals surface area contributed by atoms with Crippen molar-refractivity contribution in [3.63, 3.8) is 0 Å². The number of carbonyl (C=O) groups excluding carboxylic acids is 1. The monoisotopic (exact) mass is 393 g/mol. The van der Waals surface area contributed by atoms with Gasteiger partial charge in [-0.05, 0) is 61.7 Å². The Hall–Kier alpha value is -1.85. The molecule has 5 heteroatoms. The van der Waals surface area contributed by atoms with Crippen LogP contribution >= 0.6 is 11.8 Å². The quantitative estimate of drug-likeness (QED) is 0.769. The summed E-state index contributed by atoms with van der Waals surface area (Å²) < 4.78 is 0. The molecule has 3 aliphatic rings. The fourth-order valence-electron chi connectivity index (χ4n) is 5.50. The number of thioether (sulfide) groups is 1. The molecular formula is C23H27N3OS. The van der Waals surface area contributed by atoms with Gasteiger partial charge in [-0.3, -0.25) is 9.78 Å². The maximum atomic E-state index is 12.6. The topological polar surface area (TPSA) is 45.2 Å². The summed E-state index contributed by atoms with van der Waals surface area (Å²) in [5.74, 6) is 1.98. The molecule has 1 aromatic carbocycles. The zero-order chi connectivity index (χ0) is 19.0. The molecule has 28 heavy (non-hydrogen) atoms. The highest BCUT2D eigenvalue weighted by molar-refractivity contribution is 7.99. The van der Waals surface area contributed by atoms with Gasteiger partial charge in [-0.15, -0.1) is 11.8 Å². The Morgan fingerprint density at radius 1 is 1.29 bits per heavy atom. The van der Waals surface area contributed by atoms with Gasteiger partial charge in [0.2, 0.25) is 0 Å². The van der Waals surface area contributed by atoms with Crippen molar-refractivity contribution in [2.45, 2.75) is 48.5 Å². The molecule has 4 nitrogen and oxygen atoms in total. The van der Waals surface area contributed by atoms with E-state index in [1.165, 1.54) is 34.7 Å². The maximum Gasteiger partial charge on any atom is 0.162 e. The normalized spacial score (nSPS) is 25.7. The lowest BCUT2D eigenvalue weighted by Gasteiger charge is -2.47. The molecule has 0 unspecified atom stereocenters. The van der Waals surface area contributed by atoms with E-state index in [4.69, 9.17) is 0 Å². The van der Waals surface area contributed by atoms with E-state index in [1.807, 2.05) is 23.9 Å². The molecule has 5 rings (SSSR count). The lowest BCUT2D eigenvalue weighted by molar-refractivity contribution is 0.0974. The van der Waals surface area contributed by atoms with E-state index < -0.39 is 0 Å². The van der Waals surface area contributed by atoms with Gasteiger partial charge in [-0.25, -0.2) is 0 Å². The highest BCUT2D eigenvalue weighted by atomic mass is 32.2. The Kier molecular flexibility index (Phi) is 4.89. The summed E-state index contributed by atoms with van der Waals surface area (Å²) in [6, 6.07) is 10.5. The van der Waals surface area contributed by atoms with Crippen molar-refractivity contribution < 1.29 is 4.79 Å². The van der Waals surface area contributed by atoms with Crippen LogP contribution in [0.15, 0.2) is 47.6 Å². The molecule has 0 radical (unpaired) electrons. The maximum absolute atomic E-state index is 12.6. The van der Waals surface area contributed by atoms with Crippen LogP contribution < -0.4 is 10.2 Å². The number of fused-ring (bicyclic) bond motifs is 3. The first-order chi connectivity index (χ1) is 13.8. The van der Waals surface area contributed by atoms with E-state index in [0.717, 1.165) is 38.0 Å². The predicted molar refractivity (Wildman–Crippen MR) is 115 cm³/mol. The number of nitrogens with one attached hydrogen (secondary N) is 1. The summed E-state index contributed by atoms with van der Waals surface area (Å²) in [6.45, 7) is 3.27. The van der Waals surface area contributed by atoms with Crippen LogP contribution in [-0.2, 0) is 0 Å². The van der Waals surface area contributed by atoms with Gasteiger partial charge in [-0.2, -0.15) is 0 Å². The van der Waals surface area contributed by atoms with Gasteiger partial charge in [-0.1, -0.05) is 12.1 Å². The molecule has 0 bridgehead atoms. The Labute approximate surface area is 171 Å². The zero-order valence-corrected chi connectivity index (χ0v) is 17.0. The Balaban J connectivity index is 1.40. The molecule has 1 fully saturated rings. The van der Waals surface area contributed by atoms with Gasteiger partial charge in [0.15, 0.2) is 5.78 Å². The van der Waals surface area contributed by atoms with Gasteiger partial charge in [0.05, 0.1) is 5.69 Å². The van der Waals surface area contributed by atoms with Crippen LogP contribution in [-0.4, -0.2) is 41.7 Å². The number of hydrogen-bond acceptors (Lipinski definition) is 5. The second-order valence-electron chi connectivity index (χ2n) is 8.17.